The molecule has 0 radical (unpaired) electrons. The van der Waals surface area contributed by atoms with Crippen molar-refractivity contribution < 1.29 is 13.9 Å². The maximum Gasteiger partial charge on any atom is 0.323 e. The van der Waals surface area contributed by atoms with Crippen molar-refractivity contribution in [3.63, 3.8) is 0 Å². The Morgan fingerprint density at radius 1 is 1.24 bits per heavy atom. The van der Waals surface area contributed by atoms with Crippen LogP contribution in [-0.4, -0.2) is 13.1 Å². The second-order valence-corrected chi connectivity index (χ2v) is 4.11. The van der Waals surface area contributed by atoms with Crippen molar-refractivity contribution in [1.29, 1.82) is 5.26 Å². The van der Waals surface area contributed by atoms with E-state index in [2.05, 4.69) is 10.6 Å². The Labute approximate surface area is 121 Å². The van der Waals surface area contributed by atoms with Crippen LogP contribution >= 0.6 is 0 Å². The molecule has 0 aliphatic heterocycles. The minimum atomic E-state index is -0.537. The molecular formula is C15H12FN3O2. The molecule has 0 bridgehead atoms. The number of anilines is 2. The van der Waals surface area contributed by atoms with Crippen molar-refractivity contribution in [2.45, 2.75) is 0 Å². The molecule has 6 heteroatoms. The minimum absolute atomic E-state index is 0.0517. The number of urea groups is 1. The second kappa shape index (κ2) is 6.39. The summed E-state index contributed by atoms with van der Waals surface area (Å²) in [6, 6.07) is 11.7. The average molecular weight is 285 g/mol. The van der Waals surface area contributed by atoms with Gasteiger partial charge in [-0.05, 0) is 30.3 Å². The van der Waals surface area contributed by atoms with Crippen molar-refractivity contribution in [2.75, 3.05) is 17.7 Å². The molecular weight excluding hydrogens is 273 g/mol. The number of rotatable bonds is 3. The Morgan fingerprint density at radius 2 is 2.05 bits per heavy atom. The molecule has 106 valence electrons. The molecule has 0 aliphatic carbocycles. The summed E-state index contributed by atoms with van der Waals surface area (Å²) in [7, 11) is 1.52. The molecule has 2 N–H and O–H groups in total. The summed E-state index contributed by atoms with van der Waals surface area (Å²) >= 11 is 0. The van der Waals surface area contributed by atoms with Gasteiger partial charge in [0.25, 0.3) is 0 Å². The van der Waals surface area contributed by atoms with E-state index in [0.29, 0.717) is 11.4 Å². The van der Waals surface area contributed by atoms with Gasteiger partial charge in [0.05, 0.1) is 18.4 Å². The van der Waals surface area contributed by atoms with E-state index in [-0.39, 0.29) is 11.3 Å². The number of nitrogens with one attached hydrogen (secondary N) is 2. The number of carbonyl (C=O) groups is 1. The van der Waals surface area contributed by atoms with Gasteiger partial charge in [-0.2, -0.15) is 5.26 Å². The van der Waals surface area contributed by atoms with Gasteiger partial charge in [-0.1, -0.05) is 6.07 Å². The third kappa shape index (κ3) is 3.70. The average Bonchev–Trinajstić information content (AvgIpc) is 2.49. The summed E-state index contributed by atoms with van der Waals surface area (Å²) < 4.78 is 18.1. The minimum Gasteiger partial charge on any atom is -0.497 e. The fourth-order valence-corrected chi connectivity index (χ4v) is 1.70. The van der Waals surface area contributed by atoms with Gasteiger partial charge in [0.1, 0.15) is 17.6 Å². The van der Waals surface area contributed by atoms with E-state index < -0.39 is 11.8 Å². The molecule has 2 aromatic rings. The molecule has 0 fully saturated rings. The highest BCUT2D eigenvalue weighted by Crippen LogP contribution is 2.19. The zero-order chi connectivity index (χ0) is 15.2. The molecule has 0 spiro atoms. The normalized spacial score (nSPS) is 9.57. The van der Waals surface area contributed by atoms with Crippen LogP contribution in [0.1, 0.15) is 5.56 Å². The Bertz CT molecular complexity index is 710. The quantitative estimate of drug-likeness (QED) is 0.908. The highest BCUT2D eigenvalue weighted by Gasteiger charge is 2.08. The Morgan fingerprint density at radius 3 is 2.76 bits per heavy atom. The van der Waals surface area contributed by atoms with Crippen LogP contribution in [0, 0.1) is 17.1 Å². The highest BCUT2D eigenvalue weighted by atomic mass is 19.1. The first-order valence-corrected chi connectivity index (χ1v) is 6.04. The molecule has 0 unspecified atom stereocenters. The zero-order valence-corrected chi connectivity index (χ0v) is 11.2. The monoisotopic (exact) mass is 285 g/mol. The molecule has 0 atom stereocenters. The lowest BCUT2D eigenvalue weighted by Gasteiger charge is -2.09. The van der Waals surface area contributed by atoms with Crippen LogP contribution in [-0.2, 0) is 0 Å². The van der Waals surface area contributed by atoms with Gasteiger partial charge in [-0.3, -0.25) is 0 Å². The van der Waals surface area contributed by atoms with Crippen LogP contribution in [0.3, 0.4) is 0 Å². The molecule has 2 rings (SSSR count). The lowest BCUT2D eigenvalue weighted by atomic mass is 10.2. The maximum atomic E-state index is 13.0. The first-order chi connectivity index (χ1) is 10.1. The number of amides is 2. The topological polar surface area (TPSA) is 74.2 Å². The summed E-state index contributed by atoms with van der Waals surface area (Å²) in [6.45, 7) is 0. The molecule has 0 aliphatic rings. The number of methoxy groups -OCH3 is 1. The van der Waals surface area contributed by atoms with Crippen LogP contribution in [0.15, 0.2) is 42.5 Å². The highest BCUT2D eigenvalue weighted by molar-refractivity contribution is 6.00. The largest absolute Gasteiger partial charge is 0.497 e. The van der Waals surface area contributed by atoms with Gasteiger partial charge >= 0.3 is 6.03 Å². The number of ether oxygens (including phenoxy) is 1. The van der Waals surface area contributed by atoms with Crippen molar-refractivity contribution in [1.82, 2.24) is 0 Å². The van der Waals surface area contributed by atoms with Gasteiger partial charge < -0.3 is 15.4 Å². The first kappa shape index (κ1) is 14.3. The molecule has 5 nitrogen and oxygen atoms in total. The molecule has 0 heterocycles. The molecule has 2 aromatic carbocycles. The molecule has 0 aromatic heterocycles. The summed E-state index contributed by atoms with van der Waals surface area (Å²) in [6.07, 6.45) is 0. The predicted octanol–water partition coefficient (Wildman–Crippen LogP) is 3.35. The van der Waals surface area contributed by atoms with Crippen LogP contribution in [0.4, 0.5) is 20.6 Å². The van der Waals surface area contributed by atoms with Crippen molar-refractivity contribution in [3.05, 3.63) is 53.8 Å². The van der Waals surface area contributed by atoms with Gasteiger partial charge in [0, 0.05) is 11.8 Å². The number of hydrogen-bond donors (Lipinski definition) is 2. The van der Waals surface area contributed by atoms with Crippen molar-refractivity contribution >= 4 is 17.4 Å². The summed E-state index contributed by atoms with van der Waals surface area (Å²) in [4.78, 5) is 11.9. The van der Waals surface area contributed by atoms with Crippen molar-refractivity contribution in [3.8, 4) is 11.8 Å². The Kier molecular flexibility index (Phi) is 4.36. The fourth-order valence-electron chi connectivity index (χ4n) is 1.70. The fraction of sp³-hybridized carbons (Fsp3) is 0.0667. The number of hydrogen-bond acceptors (Lipinski definition) is 3. The smallest absolute Gasteiger partial charge is 0.323 e. The van der Waals surface area contributed by atoms with E-state index in [1.54, 1.807) is 24.3 Å². The Balaban J connectivity index is 2.10. The third-order valence-corrected chi connectivity index (χ3v) is 2.68. The van der Waals surface area contributed by atoms with Gasteiger partial charge in [0.15, 0.2) is 0 Å². The third-order valence-electron chi connectivity index (χ3n) is 2.68. The van der Waals surface area contributed by atoms with Crippen LogP contribution in [0.25, 0.3) is 0 Å². The van der Waals surface area contributed by atoms with Gasteiger partial charge in [-0.25, -0.2) is 9.18 Å². The maximum absolute atomic E-state index is 13.0. The number of carbonyl (C=O) groups excluding carboxylic acids is 1. The van der Waals surface area contributed by atoms with E-state index in [1.165, 1.54) is 19.2 Å². The lowest BCUT2D eigenvalue weighted by molar-refractivity contribution is 0.262. The summed E-state index contributed by atoms with van der Waals surface area (Å²) in [5.74, 6) is 0.0672. The predicted molar refractivity (Wildman–Crippen MR) is 76.8 cm³/mol. The molecule has 0 saturated carbocycles. The van der Waals surface area contributed by atoms with Crippen LogP contribution in [0.2, 0.25) is 0 Å². The zero-order valence-electron chi connectivity index (χ0n) is 11.2. The lowest BCUT2D eigenvalue weighted by Crippen LogP contribution is -2.20. The standard InChI is InChI=1S/C15H12FN3O2/c1-21-13-4-2-3-12(8-13)18-15(20)19-14-6-5-11(16)7-10(14)9-17/h2-8H,1H3,(H2,18,19,20). The van der Waals surface area contributed by atoms with E-state index in [4.69, 9.17) is 10.00 Å². The molecule has 0 saturated heterocycles. The number of halogens is 1. The van der Waals surface area contributed by atoms with E-state index in [9.17, 15) is 9.18 Å². The Hall–Kier alpha value is -3.07. The number of nitriles is 1. The summed E-state index contributed by atoms with van der Waals surface area (Å²) in [5, 5.41) is 14.0. The van der Waals surface area contributed by atoms with E-state index in [0.717, 1.165) is 6.07 Å². The molecule has 21 heavy (non-hydrogen) atoms. The van der Waals surface area contributed by atoms with Crippen molar-refractivity contribution in [2.24, 2.45) is 0 Å². The number of benzene rings is 2. The first-order valence-electron chi connectivity index (χ1n) is 6.04. The van der Waals surface area contributed by atoms with Crippen LogP contribution < -0.4 is 15.4 Å². The van der Waals surface area contributed by atoms with Crippen LogP contribution in [0.5, 0.6) is 5.75 Å². The summed E-state index contributed by atoms with van der Waals surface area (Å²) in [5.41, 5.74) is 0.822. The van der Waals surface area contributed by atoms with E-state index >= 15 is 0 Å². The van der Waals surface area contributed by atoms with E-state index in [1.807, 2.05) is 6.07 Å². The van der Waals surface area contributed by atoms with Gasteiger partial charge in [-0.15, -0.1) is 0 Å². The second-order valence-electron chi connectivity index (χ2n) is 4.11. The SMILES string of the molecule is COc1cccc(NC(=O)Nc2ccc(F)cc2C#N)c1. The number of nitrogens with zero attached hydrogens (tertiary/aromatic N) is 1. The molecule has 2 amide bonds. The van der Waals surface area contributed by atoms with Gasteiger partial charge in [0.2, 0.25) is 0 Å².